The molecule has 1 aromatic carbocycles. The van der Waals surface area contributed by atoms with E-state index in [1.54, 1.807) is 11.8 Å². The van der Waals surface area contributed by atoms with Crippen molar-refractivity contribution in [2.75, 3.05) is 45.5 Å². The van der Waals surface area contributed by atoms with Crippen molar-refractivity contribution in [2.45, 2.75) is 11.3 Å². The smallest absolute Gasteiger partial charge is 0.251 e. The highest BCUT2D eigenvalue weighted by molar-refractivity contribution is 7.98. The van der Waals surface area contributed by atoms with E-state index in [0.717, 1.165) is 51.3 Å². The zero-order chi connectivity index (χ0) is 14.2. The van der Waals surface area contributed by atoms with Crippen LogP contribution in [-0.2, 0) is 0 Å². The molecule has 1 aromatic rings. The highest BCUT2D eigenvalue weighted by atomic mass is 35.5. The van der Waals surface area contributed by atoms with Gasteiger partial charge in [-0.1, -0.05) is 0 Å². The maximum Gasteiger partial charge on any atom is 0.251 e. The molecule has 0 spiro atoms. The lowest BCUT2D eigenvalue weighted by atomic mass is 10.2. The second-order valence-corrected chi connectivity index (χ2v) is 5.81. The van der Waals surface area contributed by atoms with Gasteiger partial charge in [0.1, 0.15) is 0 Å². The molecule has 0 atom stereocenters. The highest BCUT2D eigenvalue weighted by Crippen LogP contribution is 2.14. The standard InChI is InChI=1S/C15H23N3OS.ClH/c1-20-14-5-3-13(4-6-14)15(19)17-7-2-10-18-11-8-16-9-12-18;/h3-6,16H,2,7-12H2,1H3,(H,17,19);1H. The van der Waals surface area contributed by atoms with Gasteiger partial charge in [-0.3, -0.25) is 4.79 Å². The third kappa shape index (κ3) is 6.26. The first-order valence-electron chi connectivity index (χ1n) is 7.15. The Hall–Kier alpha value is -0.750. The molecule has 1 aliphatic heterocycles. The van der Waals surface area contributed by atoms with E-state index in [1.807, 2.05) is 30.5 Å². The minimum absolute atomic E-state index is 0. The van der Waals surface area contributed by atoms with Crippen LogP contribution >= 0.6 is 24.2 Å². The molecule has 2 N–H and O–H groups in total. The van der Waals surface area contributed by atoms with E-state index in [9.17, 15) is 4.79 Å². The Morgan fingerprint density at radius 2 is 1.95 bits per heavy atom. The topological polar surface area (TPSA) is 44.4 Å². The maximum atomic E-state index is 12.0. The number of carbonyl (C=O) groups excluding carboxylic acids is 1. The van der Waals surface area contributed by atoms with Crippen LogP contribution in [0.15, 0.2) is 29.2 Å². The number of benzene rings is 1. The van der Waals surface area contributed by atoms with E-state index in [4.69, 9.17) is 0 Å². The predicted molar refractivity (Wildman–Crippen MR) is 91.7 cm³/mol. The summed E-state index contributed by atoms with van der Waals surface area (Å²) >= 11 is 1.68. The number of nitrogens with zero attached hydrogens (tertiary/aromatic N) is 1. The fourth-order valence-electron chi connectivity index (χ4n) is 2.28. The monoisotopic (exact) mass is 329 g/mol. The molecule has 0 radical (unpaired) electrons. The van der Waals surface area contributed by atoms with Crippen molar-refractivity contribution in [3.63, 3.8) is 0 Å². The third-order valence-electron chi connectivity index (χ3n) is 3.50. The van der Waals surface area contributed by atoms with Gasteiger partial charge in [0, 0.05) is 43.2 Å². The van der Waals surface area contributed by atoms with E-state index >= 15 is 0 Å². The van der Waals surface area contributed by atoms with Gasteiger partial charge in [0.15, 0.2) is 0 Å². The number of hydrogen-bond donors (Lipinski definition) is 2. The van der Waals surface area contributed by atoms with Gasteiger partial charge in [0.05, 0.1) is 0 Å². The number of rotatable bonds is 6. The van der Waals surface area contributed by atoms with Gasteiger partial charge in [-0.05, 0) is 43.5 Å². The van der Waals surface area contributed by atoms with Crippen LogP contribution in [0.25, 0.3) is 0 Å². The molecule has 0 bridgehead atoms. The summed E-state index contributed by atoms with van der Waals surface area (Å²) in [6, 6.07) is 7.75. The van der Waals surface area contributed by atoms with Crippen molar-refractivity contribution in [3.05, 3.63) is 29.8 Å². The van der Waals surface area contributed by atoms with Crippen molar-refractivity contribution in [1.29, 1.82) is 0 Å². The Morgan fingerprint density at radius 1 is 1.29 bits per heavy atom. The Balaban J connectivity index is 0.00000220. The Bertz CT molecular complexity index is 421. The molecule has 0 unspecified atom stereocenters. The fourth-order valence-corrected chi connectivity index (χ4v) is 2.69. The van der Waals surface area contributed by atoms with Gasteiger partial charge in [-0.2, -0.15) is 0 Å². The summed E-state index contributed by atoms with van der Waals surface area (Å²) in [5, 5.41) is 6.33. The van der Waals surface area contributed by atoms with E-state index in [1.165, 1.54) is 4.90 Å². The molecule has 0 aromatic heterocycles. The molecule has 1 heterocycles. The SMILES string of the molecule is CSc1ccc(C(=O)NCCCN2CCNCC2)cc1.Cl. The minimum atomic E-state index is 0. The van der Waals surface area contributed by atoms with Crippen LogP contribution in [0.4, 0.5) is 0 Å². The van der Waals surface area contributed by atoms with Gasteiger partial charge in [0.2, 0.25) is 0 Å². The van der Waals surface area contributed by atoms with E-state index in [2.05, 4.69) is 15.5 Å². The lowest BCUT2D eigenvalue weighted by Crippen LogP contribution is -2.44. The van der Waals surface area contributed by atoms with Crippen molar-refractivity contribution in [2.24, 2.45) is 0 Å². The Kier molecular flexibility index (Phi) is 8.76. The van der Waals surface area contributed by atoms with E-state index in [-0.39, 0.29) is 18.3 Å². The summed E-state index contributed by atoms with van der Waals surface area (Å²) in [5.74, 6) is 0.0259. The predicted octanol–water partition coefficient (Wildman–Crippen LogP) is 1.86. The molecule has 1 saturated heterocycles. The van der Waals surface area contributed by atoms with Gasteiger partial charge in [-0.15, -0.1) is 24.2 Å². The van der Waals surface area contributed by atoms with Crippen LogP contribution in [0.1, 0.15) is 16.8 Å². The molecule has 1 amide bonds. The lowest BCUT2D eigenvalue weighted by Gasteiger charge is -2.27. The second kappa shape index (κ2) is 10.1. The first kappa shape index (κ1) is 18.3. The minimum Gasteiger partial charge on any atom is -0.352 e. The van der Waals surface area contributed by atoms with Gasteiger partial charge in [0.25, 0.3) is 5.91 Å². The van der Waals surface area contributed by atoms with Crippen molar-refractivity contribution in [3.8, 4) is 0 Å². The molecule has 21 heavy (non-hydrogen) atoms. The molecule has 4 nitrogen and oxygen atoms in total. The molecule has 6 heteroatoms. The van der Waals surface area contributed by atoms with Crippen molar-refractivity contribution < 1.29 is 4.79 Å². The number of thioether (sulfide) groups is 1. The first-order chi connectivity index (χ1) is 9.79. The van der Waals surface area contributed by atoms with Crippen molar-refractivity contribution >= 4 is 30.1 Å². The summed E-state index contributed by atoms with van der Waals surface area (Å²) < 4.78 is 0. The maximum absolute atomic E-state index is 12.0. The summed E-state index contributed by atoms with van der Waals surface area (Å²) in [6.45, 7) is 6.19. The van der Waals surface area contributed by atoms with Crippen LogP contribution < -0.4 is 10.6 Å². The van der Waals surface area contributed by atoms with Crippen LogP contribution in [0.3, 0.4) is 0 Å². The number of carbonyl (C=O) groups is 1. The molecular formula is C15H24ClN3OS. The number of piperazine rings is 1. The number of nitrogens with one attached hydrogen (secondary N) is 2. The van der Waals surface area contributed by atoms with E-state index in [0.29, 0.717) is 0 Å². The van der Waals surface area contributed by atoms with Gasteiger partial charge >= 0.3 is 0 Å². The van der Waals surface area contributed by atoms with Crippen molar-refractivity contribution in [1.82, 2.24) is 15.5 Å². The quantitative estimate of drug-likeness (QED) is 0.617. The Labute approximate surface area is 137 Å². The number of hydrogen-bond acceptors (Lipinski definition) is 4. The molecule has 1 aliphatic rings. The molecule has 1 fully saturated rings. The average Bonchev–Trinajstić information content (AvgIpc) is 2.52. The van der Waals surface area contributed by atoms with E-state index < -0.39 is 0 Å². The molecule has 2 rings (SSSR count). The zero-order valence-electron chi connectivity index (χ0n) is 12.4. The molecule has 0 aliphatic carbocycles. The summed E-state index contributed by atoms with van der Waals surface area (Å²) in [4.78, 5) is 15.6. The number of halogens is 1. The van der Waals surface area contributed by atoms with Gasteiger partial charge in [-0.25, -0.2) is 0 Å². The second-order valence-electron chi connectivity index (χ2n) is 4.93. The lowest BCUT2D eigenvalue weighted by molar-refractivity contribution is 0.0951. The average molecular weight is 330 g/mol. The summed E-state index contributed by atoms with van der Waals surface area (Å²) in [5.41, 5.74) is 0.741. The van der Waals surface area contributed by atoms with Crippen LogP contribution in [0.5, 0.6) is 0 Å². The van der Waals surface area contributed by atoms with Crippen LogP contribution in [0, 0.1) is 0 Å². The van der Waals surface area contributed by atoms with Crippen LogP contribution in [0.2, 0.25) is 0 Å². The zero-order valence-corrected chi connectivity index (χ0v) is 14.1. The summed E-state index contributed by atoms with van der Waals surface area (Å²) in [7, 11) is 0. The molecular weight excluding hydrogens is 306 g/mol. The largest absolute Gasteiger partial charge is 0.352 e. The first-order valence-corrected chi connectivity index (χ1v) is 8.37. The Morgan fingerprint density at radius 3 is 2.57 bits per heavy atom. The van der Waals surface area contributed by atoms with Gasteiger partial charge < -0.3 is 15.5 Å². The summed E-state index contributed by atoms with van der Waals surface area (Å²) in [6.07, 6.45) is 3.04. The fraction of sp³-hybridized carbons (Fsp3) is 0.533. The molecule has 0 saturated carbocycles. The molecule has 118 valence electrons. The van der Waals surface area contributed by atoms with Crippen LogP contribution in [-0.4, -0.2) is 56.3 Å². The highest BCUT2D eigenvalue weighted by Gasteiger charge is 2.09. The number of amides is 1. The third-order valence-corrected chi connectivity index (χ3v) is 4.24. The normalized spacial score (nSPS) is 15.3.